The fourth-order valence-electron chi connectivity index (χ4n) is 3.52. The van der Waals surface area contributed by atoms with Gasteiger partial charge in [0.05, 0.1) is 11.6 Å². The minimum atomic E-state index is -0.697. The molecule has 0 bridgehead atoms. The molecular formula is C24H18INO3. The molecule has 0 spiro atoms. The van der Waals surface area contributed by atoms with Crippen molar-refractivity contribution in [2.45, 2.75) is 13.0 Å². The molecule has 29 heavy (non-hydrogen) atoms. The van der Waals surface area contributed by atoms with E-state index in [1.54, 1.807) is 12.1 Å². The summed E-state index contributed by atoms with van der Waals surface area (Å²) >= 11 is 2.19. The average molecular weight is 495 g/mol. The van der Waals surface area contributed by atoms with Crippen LogP contribution in [0.4, 0.5) is 5.69 Å². The van der Waals surface area contributed by atoms with Gasteiger partial charge in [-0.3, -0.25) is 14.5 Å². The molecule has 1 amide bonds. The molecule has 1 aliphatic heterocycles. The summed E-state index contributed by atoms with van der Waals surface area (Å²) in [6.45, 7) is 1.95. The van der Waals surface area contributed by atoms with Crippen LogP contribution in [0.2, 0.25) is 0 Å². The van der Waals surface area contributed by atoms with Crippen LogP contribution in [0.5, 0.6) is 0 Å². The second-order valence-electron chi connectivity index (χ2n) is 6.92. The quantitative estimate of drug-likeness (QED) is 0.235. The van der Waals surface area contributed by atoms with E-state index in [0.29, 0.717) is 11.3 Å². The number of rotatable bonds is 3. The van der Waals surface area contributed by atoms with Crippen LogP contribution in [0.3, 0.4) is 0 Å². The lowest BCUT2D eigenvalue weighted by molar-refractivity contribution is -0.132. The Morgan fingerprint density at radius 1 is 0.897 bits per heavy atom. The summed E-state index contributed by atoms with van der Waals surface area (Å²) < 4.78 is 1.03. The lowest BCUT2D eigenvalue weighted by Gasteiger charge is -2.25. The largest absolute Gasteiger partial charge is 0.507 e. The third-order valence-electron chi connectivity index (χ3n) is 4.99. The van der Waals surface area contributed by atoms with Crippen molar-refractivity contribution < 1.29 is 14.7 Å². The molecule has 0 aliphatic carbocycles. The van der Waals surface area contributed by atoms with Crippen LogP contribution in [0.25, 0.3) is 5.76 Å². The van der Waals surface area contributed by atoms with Gasteiger partial charge in [-0.2, -0.15) is 0 Å². The smallest absolute Gasteiger partial charge is 0.300 e. The maximum atomic E-state index is 13.0. The van der Waals surface area contributed by atoms with Crippen molar-refractivity contribution >= 4 is 45.7 Å². The molecule has 0 aromatic heterocycles. The Bertz CT molecular complexity index is 1100. The molecule has 1 aliphatic rings. The van der Waals surface area contributed by atoms with E-state index in [-0.39, 0.29) is 11.3 Å². The number of aryl methyl sites for hydroxylation is 1. The number of carbonyl (C=O) groups is 2. The lowest BCUT2D eigenvalue weighted by atomic mass is 9.95. The number of Topliss-reactive ketones (excluding diaryl/α,β-unsaturated/α-hetero) is 1. The molecule has 0 saturated carbocycles. The van der Waals surface area contributed by atoms with Gasteiger partial charge in [0.2, 0.25) is 0 Å². The van der Waals surface area contributed by atoms with Gasteiger partial charge >= 0.3 is 0 Å². The molecular weight excluding hydrogens is 477 g/mol. The second-order valence-corrected chi connectivity index (χ2v) is 8.17. The second kappa shape index (κ2) is 7.83. The van der Waals surface area contributed by atoms with E-state index in [4.69, 9.17) is 0 Å². The minimum Gasteiger partial charge on any atom is -0.507 e. The first-order valence-corrected chi connectivity index (χ1v) is 10.2. The van der Waals surface area contributed by atoms with E-state index in [1.807, 2.05) is 73.7 Å². The third kappa shape index (κ3) is 3.58. The van der Waals surface area contributed by atoms with Crippen molar-refractivity contribution in [2.24, 2.45) is 0 Å². The van der Waals surface area contributed by atoms with Crippen molar-refractivity contribution in [3.63, 3.8) is 0 Å². The van der Waals surface area contributed by atoms with E-state index >= 15 is 0 Å². The zero-order valence-electron chi connectivity index (χ0n) is 15.7. The maximum Gasteiger partial charge on any atom is 0.300 e. The van der Waals surface area contributed by atoms with E-state index in [0.717, 1.165) is 14.7 Å². The van der Waals surface area contributed by atoms with Crippen LogP contribution in [0.15, 0.2) is 84.4 Å². The number of anilines is 1. The minimum absolute atomic E-state index is 0.101. The summed E-state index contributed by atoms with van der Waals surface area (Å²) in [5.41, 5.74) is 3.03. The van der Waals surface area contributed by atoms with Gasteiger partial charge in [-0.1, -0.05) is 60.2 Å². The van der Waals surface area contributed by atoms with Gasteiger partial charge < -0.3 is 5.11 Å². The first-order valence-electron chi connectivity index (χ1n) is 9.16. The van der Waals surface area contributed by atoms with Gasteiger partial charge in [0.25, 0.3) is 11.7 Å². The molecule has 4 rings (SSSR count). The van der Waals surface area contributed by atoms with Crippen LogP contribution in [-0.4, -0.2) is 16.8 Å². The first kappa shape index (κ1) is 19.4. The van der Waals surface area contributed by atoms with Gasteiger partial charge in [0.15, 0.2) is 0 Å². The molecule has 0 unspecified atom stereocenters. The number of nitrogens with zero attached hydrogens (tertiary/aromatic N) is 1. The molecule has 1 fully saturated rings. The number of ketones is 1. The van der Waals surface area contributed by atoms with Gasteiger partial charge in [-0.15, -0.1) is 0 Å². The highest BCUT2D eigenvalue weighted by Crippen LogP contribution is 2.42. The van der Waals surface area contributed by atoms with E-state index in [2.05, 4.69) is 22.6 Å². The Balaban J connectivity index is 1.93. The Kier molecular flexibility index (Phi) is 5.24. The van der Waals surface area contributed by atoms with Crippen molar-refractivity contribution in [2.75, 3.05) is 4.90 Å². The fourth-order valence-corrected chi connectivity index (χ4v) is 3.88. The number of amides is 1. The molecule has 1 saturated heterocycles. The first-order chi connectivity index (χ1) is 14.0. The fraction of sp³-hybridized carbons (Fsp3) is 0.0833. The van der Waals surface area contributed by atoms with Crippen molar-refractivity contribution in [1.82, 2.24) is 0 Å². The molecule has 144 valence electrons. The predicted molar refractivity (Wildman–Crippen MR) is 122 cm³/mol. The highest BCUT2D eigenvalue weighted by molar-refractivity contribution is 14.1. The van der Waals surface area contributed by atoms with Crippen LogP contribution in [0.1, 0.15) is 22.7 Å². The number of halogens is 1. The standard InChI is InChI=1S/C24H18INO3/c1-15-7-9-17(10-8-15)22(27)20-21(16-5-3-2-4-6-16)26(24(29)23(20)28)19-13-11-18(25)12-14-19/h2-14,21,27H,1H3/b22-20+/t21-/m0/s1. The van der Waals surface area contributed by atoms with Crippen molar-refractivity contribution in [3.8, 4) is 0 Å². The van der Waals surface area contributed by atoms with E-state index < -0.39 is 17.7 Å². The summed E-state index contributed by atoms with van der Waals surface area (Å²) in [7, 11) is 0. The Hall–Kier alpha value is -2.93. The third-order valence-corrected chi connectivity index (χ3v) is 5.71. The molecule has 0 radical (unpaired) electrons. The molecule has 3 aromatic rings. The Morgan fingerprint density at radius 2 is 1.52 bits per heavy atom. The Labute approximate surface area is 182 Å². The topological polar surface area (TPSA) is 57.6 Å². The van der Waals surface area contributed by atoms with Crippen molar-refractivity contribution in [3.05, 3.63) is 105 Å². The van der Waals surface area contributed by atoms with Crippen LogP contribution >= 0.6 is 22.6 Å². The number of benzene rings is 3. The molecule has 4 nitrogen and oxygen atoms in total. The normalized spacial score (nSPS) is 18.3. The van der Waals surface area contributed by atoms with Gasteiger partial charge in [0, 0.05) is 14.8 Å². The highest BCUT2D eigenvalue weighted by Gasteiger charge is 2.46. The van der Waals surface area contributed by atoms with E-state index in [1.165, 1.54) is 4.90 Å². The molecule has 5 heteroatoms. The highest BCUT2D eigenvalue weighted by atomic mass is 127. The summed E-state index contributed by atoms with van der Waals surface area (Å²) in [5.74, 6) is -1.49. The van der Waals surface area contributed by atoms with Gasteiger partial charge in [0.1, 0.15) is 5.76 Å². The SMILES string of the molecule is Cc1ccc(/C(O)=C2\C(=O)C(=O)N(c3ccc(I)cc3)[C@H]2c2ccccc2)cc1. The molecule has 1 N–H and O–H groups in total. The molecule has 1 atom stereocenters. The number of hydrogen-bond acceptors (Lipinski definition) is 3. The van der Waals surface area contributed by atoms with Crippen LogP contribution in [0, 0.1) is 10.5 Å². The summed E-state index contributed by atoms with van der Waals surface area (Å²) in [4.78, 5) is 27.5. The Morgan fingerprint density at radius 3 is 2.14 bits per heavy atom. The lowest BCUT2D eigenvalue weighted by Crippen LogP contribution is -2.29. The number of aliphatic hydroxyl groups is 1. The number of carbonyl (C=O) groups excluding carboxylic acids is 2. The van der Waals surface area contributed by atoms with Gasteiger partial charge in [-0.25, -0.2) is 0 Å². The molecule has 3 aromatic carbocycles. The van der Waals surface area contributed by atoms with Gasteiger partial charge in [-0.05, 0) is 59.3 Å². The predicted octanol–water partition coefficient (Wildman–Crippen LogP) is 5.23. The zero-order chi connectivity index (χ0) is 20.5. The summed E-state index contributed by atoms with van der Waals surface area (Å²) in [6.07, 6.45) is 0. The summed E-state index contributed by atoms with van der Waals surface area (Å²) in [5, 5.41) is 11.0. The maximum absolute atomic E-state index is 13.0. The molecule has 1 heterocycles. The average Bonchev–Trinajstić information content (AvgIpc) is 3.00. The van der Waals surface area contributed by atoms with Crippen LogP contribution < -0.4 is 4.90 Å². The number of hydrogen-bond donors (Lipinski definition) is 1. The van der Waals surface area contributed by atoms with E-state index in [9.17, 15) is 14.7 Å². The van der Waals surface area contributed by atoms with Crippen molar-refractivity contribution in [1.29, 1.82) is 0 Å². The monoisotopic (exact) mass is 495 g/mol. The summed E-state index contributed by atoms with van der Waals surface area (Å²) in [6, 6.07) is 23.2. The zero-order valence-corrected chi connectivity index (χ0v) is 17.8. The van der Waals surface area contributed by atoms with Crippen LogP contribution in [-0.2, 0) is 9.59 Å². The number of aliphatic hydroxyl groups excluding tert-OH is 1.